The first-order valence-electron chi connectivity index (χ1n) is 7.09. The normalized spacial score (nSPS) is 17.3. The Bertz CT molecular complexity index is 692. The van der Waals surface area contributed by atoms with Gasteiger partial charge in [-0.3, -0.25) is 0 Å². The molecule has 0 spiro atoms. The fourth-order valence-electron chi connectivity index (χ4n) is 2.84. The molecule has 1 aromatic carbocycles. The van der Waals surface area contributed by atoms with Crippen molar-refractivity contribution in [3.05, 3.63) is 46.5 Å². The van der Waals surface area contributed by atoms with E-state index in [2.05, 4.69) is 10.3 Å². The Morgan fingerprint density at radius 1 is 1.20 bits per heavy atom. The molecule has 0 bridgehead atoms. The maximum absolute atomic E-state index is 13.5. The minimum Gasteiger partial charge on any atom is -0.307 e. The molecule has 1 aliphatic carbocycles. The second kappa shape index (κ2) is 4.35. The van der Waals surface area contributed by atoms with E-state index < -0.39 is 0 Å². The van der Waals surface area contributed by atoms with Crippen molar-refractivity contribution < 1.29 is 4.39 Å². The monoisotopic (exact) mass is 269 g/mol. The molecule has 1 fully saturated rings. The number of aromatic nitrogens is 2. The van der Waals surface area contributed by atoms with Gasteiger partial charge in [-0.2, -0.15) is 0 Å². The van der Waals surface area contributed by atoms with Crippen LogP contribution in [0, 0.1) is 12.7 Å². The summed E-state index contributed by atoms with van der Waals surface area (Å²) in [5.74, 6) is 1.02. The van der Waals surface area contributed by atoms with Crippen LogP contribution in [-0.4, -0.2) is 9.97 Å². The van der Waals surface area contributed by atoms with Gasteiger partial charge in [0.1, 0.15) is 5.82 Å². The van der Waals surface area contributed by atoms with E-state index in [0.29, 0.717) is 11.7 Å². The number of rotatable bonds is 2. The molecule has 102 valence electrons. The lowest BCUT2D eigenvalue weighted by molar-refractivity contribution is 0.627. The minimum absolute atomic E-state index is 0.235. The SMILES string of the molecule is Cc1ccc(F)cc1-c1nc2c(c(C3CC3)n1)CNC2. The van der Waals surface area contributed by atoms with E-state index in [4.69, 9.17) is 4.98 Å². The highest BCUT2D eigenvalue weighted by Gasteiger charge is 2.31. The van der Waals surface area contributed by atoms with E-state index in [0.717, 1.165) is 29.9 Å². The third kappa shape index (κ3) is 1.91. The van der Waals surface area contributed by atoms with Crippen LogP contribution in [0.15, 0.2) is 18.2 Å². The number of nitrogens with zero attached hydrogens (tertiary/aromatic N) is 2. The van der Waals surface area contributed by atoms with Gasteiger partial charge in [0, 0.05) is 30.1 Å². The largest absolute Gasteiger partial charge is 0.307 e. The van der Waals surface area contributed by atoms with Crippen LogP contribution in [0.2, 0.25) is 0 Å². The van der Waals surface area contributed by atoms with Crippen molar-refractivity contribution in [2.75, 3.05) is 0 Å². The molecule has 1 saturated carbocycles. The first-order chi connectivity index (χ1) is 9.72. The number of benzene rings is 1. The molecular formula is C16H16FN3. The Morgan fingerprint density at radius 2 is 2.05 bits per heavy atom. The number of hydrogen-bond donors (Lipinski definition) is 1. The van der Waals surface area contributed by atoms with Gasteiger partial charge in [-0.05, 0) is 37.5 Å². The van der Waals surface area contributed by atoms with Crippen molar-refractivity contribution in [3.63, 3.8) is 0 Å². The van der Waals surface area contributed by atoms with E-state index in [1.165, 1.54) is 36.2 Å². The molecule has 0 atom stereocenters. The summed E-state index contributed by atoms with van der Waals surface area (Å²) in [6.45, 7) is 3.63. The Labute approximate surface area is 117 Å². The van der Waals surface area contributed by atoms with E-state index in [-0.39, 0.29) is 5.82 Å². The van der Waals surface area contributed by atoms with Crippen LogP contribution in [0.5, 0.6) is 0 Å². The lowest BCUT2D eigenvalue weighted by Crippen LogP contribution is -2.03. The lowest BCUT2D eigenvalue weighted by atomic mass is 10.1. The van der Waals surface area contributed by atoms with Crippen molar-refractivity contribution in [2.45, 2.75) is 38.8 Å². The quantitative estimate of drug-likeness (QED) is 0.910. The van der Waals surface area contributed by atoms with Crippen LogP contribution in [0.25, 0.3) is 11.4 Å². The summed E-state index contributed by atoms with van der Waals surface area (Å²) in [5.41, 5.74) is 5.35. The van der Waals surface area contributed by atoms with Gasteiger partial charge >= 0.3 is 0 Å². The van der Waals surface area contributed by atoms with E-state index in [1.807, 2.05) is 6.92 Å². The van der Waals surface area contributed by atoms with Crippen LogP contribution >= 0.6 is 0 Å². The Kier molecular flexibility index (Phi) is 2.60. The first kappa shape index (κ1) is 12.0. The molecular weight excluding hydrogens is 253 g/mol. The van der Waals surface area contributed by atoms with Crippen molar-refractivity contribution >= 4 is 0 Å². The van der Waals surface area contributed by atoms with Crippen LogP contribution in [-0.2, 0) is 13.1 Å². The number of hydrogen-bond acceptors (Lipinski definition) is 3. The van der Waals surface area contributed by atoms with E-state index in [9.17, 15) is 4.39 Å². The topological polar surface area (TPSA) is 37.8 Å². The molecule has 3 nitrogen and oxygen atoms in total. The Morgan fingerprint density at radius 3 is 2.85 bits per heavy atom. The van der Waals surface area contributed by atoms with Crippen molar-refractivity contribution in [1.82, 2.24) is 15.3 Å². The van der Waals surface area contributed by atoms with Gasteiger partial charge < -0.3 is 5.32 Å². The first-order valence-corrected chi connectivity index (χ1v) is 7.09. The molecule has 1 aromatic heterocycles. The second-order valence-corrected chi connectivity index (χ2v) is 5.69. The molecule has 2 aliphatic rings. The van der Waals surface area contributed by atoms with Gasteiger partial charge in [0.25, 0.3) is 0 Å². The molecule has 20 heavy (non-hydrogen) atoms. The predicted molar refractivity (Wildman–Crippen MR) is 74.7 cm³/mol. The predicted octanol–water partition coefficient (Wildman–Crippen LogP) is 3.07. The van der Waals surface area contributed by atoms with Gasteiger partial charge in [-0.1, -0.05) is 6.07 Å². The van der Waals surface area contributed by atoms with Crippen molar-refractivity contribution in [2.24, 2.45) is 0 Å². The van der Waals surface area contributed by atoms with Crippen LogP contribution < -0.4 is 5.32 Å². The van der Waals surface area contributed by atoms with E-state index in [1.54, 1.807) is 6.07 Å². The van der Waals surface area contributed by atoms with Gasteiger partial charge in [-0.25, -0.2) is 14.4 Å². The zero-order chi connectivity index (χ0) is 13.7. The third-order valence-electron chi connectivity index (χ3n) is 4.12. The molecule has 0 saturated heterocycles. The van der Waals surface area contributed by atoms with Crippen LogP contribution in [0.1, 0.15) is 41.3 Å². The fourth-order valence-corrected chi connectivity index (χ4v) is 2.84. The van der Waals surface area contributed by atoms with Gasteiger partial charge in [0.2, 0.25) is 0 Å². The summed E-state index contributed by atoms with van der Waals surface area (Å²) < 4.78 is 13.5. The summed E-state index contributed by atoms with van der Waals surface area (Å²) in [6.07, 6.45) is 2.43. The maximum atomic E-state index is 13.5. The zero-order valence-electron chi connectivity index (χ0n) is 11.4. The second-order valence-electron chi connectivity index (χ2n) is 5.69. The fraction of sp³-hybridized carbons (Fsp3) is 0.375. The van der Waals surface area contributed by atoms with E-state index >= 15 is 0 Å². The number of nitrogens with one attached hydrogen (secondary N) is 1. The number of aryl methyl sites for hydroxylation is 1. The molecule has 1 N–H and O–H groups in total. The average molecular weight is 269 g/mol. The highest BCUT2D eigenvalue weighted by atomic mass is 19.1. The lowest BCUT2D eigenvalue weighted by Gasteiger charge is -2.10. The molecule has 2 aromatic rings. The summed E-state index contributed by atoms with van der Waals surface area (Å²) >= 11 is 0. The average Bonchev–Trinajstić information content (AvgIpc) is 3.18. The highest BCUT2D eigenvalue weighted by molar-refractivity contribution is 5.61. The van der Waals surface area contributed by atoms with Gasteiger partial charge in [0.05, 0.1) is 11.4 Å². The Balaban J connectivity index is 1.90. The molecule has 0 radical (unpaired) electrons. The van der Waals surface area contributed by atoms with Crippen molar-refractivity contribution in [1.29, 1.82) is 0 Å². The smallest absolute Gasteiger partial charge is 0.160 e. The molecule has 2 heterocycles. The summed E-state index contributed by atoms with van der Waals surface area (Å²) in [5, 5.41) is 3.34. The van der Waals surface area contributed by atoms with Crippen LogP contribution in [0.3, 0.4) is 0 Å². The standard InChI is InChI=1S/C16H16FN3/c1-9-2-5-11(17)6-12(9)16-19-14-8-18-7-13(14)15(20-16)10-3-4-10/h2,5-6,10,18H,3-4,7-8H2,1H3. The molecule has 4 heteroatoms. The van der Waals surface area contributed by atoms with Crippen molar-refractivity contribution in [3.8, 4) is 11.4 Å². The molecule has 1 aliphatic heterocycles. The van der Waals surface area contributed by atoms with Crippen LogP contribution in [0.4, 0.5) is 4.39 Å². The Hall–Kier alpha value is -1.81. The molecule has 0 unspecified atom stereocenters. The minimum atomic E-state index is -0.235. The number of halogens is 1. The van der Waals surface area contributed by atoms with Gasteiger partial charge in [-0.15, -0.1) is 0 Å². The maximum Gasteiger partial charge on any atom is 0.160 e. The molecule has 0 amide bonds. The van der Waals surface area contributed by atoms with Gasteiger partial charge in [0.15, 0.2) is 5.82 Å². The summed E-state index contributed by atoms with van der Waals surface area (Å²) in [6, 6.07) is 4.81. The third-order valence-corrected chi connectivity index (χ3v) is 4.12. The zero-order valence-corrected chi connectivity index (χ0v) is 11.4. The summed E-state index contributed by atoms with van der Waals surface area (Å²) in [7, 11) is 0. The highest BCUT2D eigenvalue weighted by Crippen LogP contribution is 2.42. The molecule has 4 rings (SSSR count). The number of fused-ring (bicyclic) bond motifs is 1. The summed E-state index contributed by atoms with van der Waals surface area (Å²) in [4.78, 5) is 9.42.